The van der Waals surface area contributed by atoms with Crippen LogP contribution in [0, 0.1) is 0 Å². The van der Waals surface area contributed by atoms with Gasteiger partial charge in [-0.25, -0.2) is 0 Å². The zero-order chi connectivity index (χ0) is 23.5. The van der Waals surface area contributed by atoms with E-state index in [0.29, 0.717) is 5.75 Å². The minimum Gasteiger partial charge on any atom is -0.507 e. The van der Waals surface area contributed by atoms with Crippen molar-refractivity contribution in [2.75, 3.05) is 0 Å². The van der Waals surface area contributed by atoms with Gasteiger partial charge in [-0.05, 0) is 66.5 Å². The van der Waals surface area contributed by atoms with Gasteiger partial charge in [-0.3, -0.25) is 4.99 Å². The summed E-state index contributed by atoms with van der Waals surface area (Å²) < 4.78 is 1.17. The lowest BCUT2D eigenvalue weighted by Crippen LogP contribution is -2.12. The standard InChI is InChI=1S/C31H28BrNO/c1-21(23-8-4-2-5-9-23)33-30(26-10-6-3-7-11-26)29-25-17-16-24-14-12-22(20-28(24)32)13-15-27(19-18-25)31(29)34/h2-12,14,18-21,34H,13,15-17H2,1H3/t21-/m0/s1. The van der Waals surface area contributed by atoms with E-state index in [1.807, 2.05) is 36.4 Å². The average Bonchev–Trinajstić information content (AvgIpc) is 2.86. The molecule has 0 amide bonds. The van der Waals surface area contributed by atoms with Crippen LogP contribution in [-0.2, 0) is 25.7 Å². The Morgan fingerprint density at radius 1 is 0.765 bits per heavy atom. The predicted molar refractivity (Wildman–Crippen MR) is 144 cm³/mol. The third-order valence-electron chi connectivity index (χ3n) is 6.70. The van der Waals surface area contributed by atoms with Gasteiger partial charge in [0, 0.05) is 15.6 Å². The molecule has 0 unspecified atom stereocenters. The van der Waals surface area contributed by atoms with Gasteiger partial charge in [0.15, 0.2) is 0 Å². The highest BCUT2D eigenvalue weighted by atomic mass is 79.9. The van der Waals surface area contributed by atoms with Gasteiger partial charge in [-0.2, -0.15) is 0 Å². The van der Waals surface area contributed by atoms with Gasteiger partial charge in [0.25, 0.3) is 0 Å². The molecule has 4 aromatic rings. The summed E-state index contributed by atoms with van der Waals surface area (Å²) in [5, 5.41) is 11.6. The number of benzene rings is 4. The number of phenolic OH excluding ortho intramolecular Hbond substituents is 1. The van der Waals surface area contributed by atoms with Crippen LogP contribution in [0.25, 0.3) is 0 Å². The molecular formula is C31H28BrNO. The lowest BCUT2D eigenvalue weighted by Gasteiger charge is -2.20. The molecule has 34 heavy (non-hydrogen) atoms. The van der Waals surface area contributed by atoms with Crippen molar-refractivity contribution >= 4 is 21.6 Å². The zero-order valence-corrected chi connectivity index (χ0v) is 20.9. The molecule has 170 valence electrons. The molecule has 4 bridgehead atoms. The SMILES string of the molecule is C[C@H](N=C(c1ccccc1)c1c2ccc(c1O)CCc1ccc(c(Br)c1)CC2)c1ccccc1. The summed E-state index contributed by atoms with van der Waals surface area (Å²) in [6, 6.07) is 31.5. The van der Waals surface area contributed by atoms with E-state index in [9.17, 15) is 5.11 Å². The lowest BCUT2D eigenvalue weighted by molar-refractivity contribution is 0.465. The van der Waals surface area contributed by atoms with E-state index in [1.165, 1.54) is 15.6 Å². The number of halogens is 1. The molecule has 0 aromatic heterocycles. The van der Waals surface area contributed by atoms with Gasteiger partial charge >= 0.3 is 0 Å². The molecule has 8 rings (SSSR count). The Morgan fingerprint density at radius 3 is 2.12 bits per heavy atom. The minimum absolute atomic E-state index is 0.0350. The normalized spacial score (nSPS) is 14.5. The van der Waals surface area contributed by atoms with E-state index in [1.54, 1.807) is 0 Å². The summed E-state index contributed by atoms with van der Waals surface area (Å²) in [7, 11) is 0. The quantitative estimate of drug-likeness (QED) is 0.281. The summed E-state index contributed by atoms with van der Waals surface area (Å²) in [4.78, 5) is 5.23. The summed E-state index contributed by atoms with van der Waals surface area (Å²) in [6.45, 7) is 2.12. The highest BCUT2D eigenvalue weighted by molar-refractivity contribution is 9.10. The fourth-order valence-corrected chi connectivity index (χ4v) is 5.35. The minimum atomic E-state index is -0.0350. The monoisotopic (exact) mass is 509 g/mol. The van der Waals surface area contributed by atoms with Gasteiger partial charge in [0.1, 0.15) is 5.75 Å². The second-order valence-electron chi connectivity index (χ2n) is 8.96. The first kappa shape index (κ1) is 22.6. The molecule has 4 aromatic carbocycles. The molecule has 0 aliphatic heterocycles. The van der Waals surface area contributed by atoms with Gasteiger partial charge in [-0.1, -0.05) is 101 Å². The van der Waals surface area contributed by atoms with Gasteiger partial charge in [0.2, 0.25) is 0 Å². The molecule has 4 aliphatic carbocycles. The highest BCUT2D eigenvalue weighted by Gasteiger charge is 2.21. The van der Waals surface area contributed by atoms with Gasteiger partial charge in [-0.15, -0.1) is 0 Å². The lowest BCUT2D eigenvalue weighted by atomic mass is 9.88. The molecule has 0 fully saturated rings. The fraction of sp³-hybridized carbons (Fsp3) is 0.194. The molecule has 0 saturated heterocycles. The van der Waals surface area contributed by atoms with Crippen molar-refractivity contribution in [2.24, 2.45) is 4.99 Å². The van der Waals surface area contributed by atoms with Crippen molar-refractivity contribution in [3.05, 3.63) is 134 Å². The van der Waals surface area contributed by atoms with Crippen molar-refractivity contribution < 1.29 is 5.11 Å². The summed E-state index contributed by atoms with van der Waals surface area (Å²) in [6.07, 6.45) is 3.38. The molecule has 0 saturated carbocycles. The maximum absolute atomic E-state index is 11.6. The van der Waals surface area contributed by atoms with Crippen molar-refractivity contribution in [1.29, 1.82) is 0 Å². The van der Waals surface area contributed by atoms with Crippen LogP contribution in [0.15, 0.2) is 100 Å². The molecule has 1 N–H and O–H groups in total. The maximum Gasteiger partial charge on any atom is 0.128 e. The van der Waals surface area contributed by atoms with Crippen LogP contribution in [0.4, 0.5) is 0 Å². The number of aromatic hydroxyl groups is 1. The number of hydrogen-bond acceptors (Lipinski definition) is 2. The molecule has 0 heterocycles. The Bertz CT molecular complexity index is 1330. The van der Waals surface area contributed by atoms with Crippen LogP contribution in [0.3, 0.4) is 0 Å². The zero-order valence-electron chi connectivity index (χ0n) is 19.3. The van der Waals surface area contributed by atoms with E-state index < -0.39 is 0 Å². The van der Waals surface area contributed by atoms with Gasteiger partial charge in [0.05, 0.1) is 11.8 Å². The van der Waals surface area contributed by atoms with Crippen LogP contribution in [0.5, 0.6) is 5.75 Å². The Labute approximate surface area is 210 Å². The molecule has 2 nitrogen and oxygen atoms in total. The fourth-order valence-electron chi connectivity index (χ4n) is 4.73. The summed E-state index contributed by atoms with van der Waals surface area (Å²) in [5.41, 5.74) is 8.57. The van der Waals surface area contributed by atoms with Gasteiger partial charge < -0.3 is 5.11 Å². The van der Waals surface area contributed by atoms with Crippen molar-refractivity contribution in [1.82, 2.24) is 0 Å². The first-order valence-electron chi connectivity index (χ1n) is 11.9. The van der Waals surface area contributed by atoms with Crippen molar-refractivity contribution in [2.45, 2.75) is 38.6 Å². The Morgan fingerprint density at radius 2 is 1.38 bits per heavy atom. The third-order valence-corrected chi connectivity index (χ3v) is 7.44. The predicted octanol–water partition coefficient (Wildman–Crippen LogP) is 7.64. The van der Waals surface area contributed by atoms with Crippen LogP contribution in [0.2, 0.25) is 0 Å². The number of rotatable bonds is 4. The molecule has 3 heteroatoms. The number of hydrogen-bond donors (Lipinski definition) is 1. The van der Waals surface area contributed by atoms with E-state index in [-0.39, 0.29) is 6.04 Å². The molecule has 0 radical (unpaired) electrons. The molecule has 4 aliphatic rings. The van der Waals surface area contributed by atoms with E-state index in [0.717, 1.165) is 59.2 Å². The Hall–Kier alpha value is -3.17. The number of aliphatic imine (C=N–C) groups is 1. The van der Waals surface area contributed by atoms with E-state index in [2.05, 4.69) is 77.5 Å². The molecule has 0 spiro atoms. The molecule has 1 atom stereocenters. The number of aryl methyl sites for hydroxylation is 4. The first-order valence-corrected chi connectivity index (χ1v) is 12.7. The topological polar surface area (TPSA) is 32.6 Å². The van der Waals surface area contributed by atoms with Crippen LogP contribution < -0.4 is 0 Å². The second-order valence-corrected chi connectivity index (χ2v) is 9.82. The van der Waals surface area contributed by atoms with Crippen molar-refractivity contribution in [3.8, 4) is 5.75 Å². The van der Waals surface area contributed by atoms with Crippen molar-refractivity contribution in [3.63, 3.8) is 0 Å². The summed E-state index contributed by atoms with van der Waals surface area (Å²) in [5.74, 6) is 0.370. The largest absolute Gasteiger partial charge is 0.507 e. The number of phenols is 1. The Balaban J connectivity index is 1.67. The maximum atomic E-state index is 11.6. The smallest absolute Gasteiger partial charge is 0.128 e. The van der Waals surface area contributed by atoms with Crippen LogP contribution in [-0.4, -0.2) is 10.8 Å². The third kappa shape index (κ3) is 4.71. The highest BCUT2D eigenvalue weighted by Crippen LogP contribution is 2.34. The first-order chi connectivity index (χ1) is 16.6. The molecular weight excluding hydrogens is 482 g/mol. The van der Waals surface area contributed by atoms with Crippen LogP contribution >= 0.6 is 15.9 Å². The van der Waals surface area contributed by atoms with E-state index >= 15 is 0 Å². The average molecular weight is 510 g/mol. The Kier molecular flexibility index (Phi) is 6.64. The van der Waals surface area contributed by atoms with E-state index in [4.69, 9.17) is 4.99 Å². The summed E-state index contributed by atoms with van der Waals surface area (Å²) >= 11 is 3.77. The second kappa shape index (κ2) is 9.99. The number of nitrogens with zero attached hydrogens (tertiary/aromatic N) is 1. The van der Waals surface area contributed by atoms with Crippen LogP contribution in [0.1, 0.15) is 51.9 Å².